The van der Waals surface area contributed by atoms with Crippen molar-refractivity contribution >= 4 is 11.7 Å². The zero-order chi connectivity index (χ0) is 18.2. The zero-order valence-corrected chi connectivity index (χ0v) is 15.0. The van der Waals surface area contributed by atoms with E-state index in [4.69, 9.17) is 14.2 Å². The number of carbonyl (C=O) groups excluding carboxylic acids is 1. The van der Waals surface area contributed by atoms with Crippen molar-refractivity contribution in [2.24, 2.45) is 0 Å². The molecule has 1 aromatic rings. The Morgan fingerprint density at radius 1 is 1.32 bits per heavy atom. The van der Waals surface area contributed by atoms with Crippen molar-refractivity contribution in [1.29, 1.82) is 0 Å². The summed E-state index contributed by atoms with van der Waals surface area (Å²) in [6.07, 6.45) is 2.18. The molecule has 1 saturated heterocycles. The van der Waals surface area contributed by atoms with E-state index < -0.39 is 11.4 Å². The van der Waals surface area contributed by atoms with Gasteiger partial charge in [-0.1, -0.05) is 18.2 Å². The van der Waals surface area contributed by atoms with Gasteiger partial charge in [0, 0.05) is 5.56 Å². The van der Waals surface area contributed by atoms with Crippen molar-refractivity contribution in [1.82, 2.24) is 4.90 Å². The van der Waals surface area contributed by atoms with Gasteiger partial charge >= 0.3 is 6.09 Å². The number of benzene rings is 1. The number of amides is 1. The topological polar surface area (TPSA) is 48.0 Å². The summed E-state index contributed by atoms with van der Waals surface area (Å²) in [7, 11) is 1.46. The Balaban J connectivity index is 1.92. The third-order valence-electron chi connectivity index (χ3n) is 4.32. The van der Waals surface area contributed by atoms with E-state index in [-0.39, 0.29) is 23.9 Å². The molecular weight excluding hydrogens is 325 g/mol. The number of hydrogen-bond acceptors (Lipinski definition) is 4. The van der Waals surface area contributed by atoms with Gasteiger partial charge < -0.3 is 14.2 Å². The predicted molar refractivity (Wildman–Crippen MR) is 92.0 cm³/mol. The summed E-state index contributed by atoms with van der Waals surface area (Å²) in [6.45, 7) is 6.38. The molecule has 136 valence electrons. The van der Waals surface area contributed by atoms with Crippen LogP contribution < -0.4 is 4.74 Å². The summed E-state index contributed by atoms with van der Waals surface area (Å²) in [5, 5.41) is 0. The van der Waals surface area contributed by atoms with Crippen LogP contribution in [0.25, 0.3) is 5.57 Å². The number of methoxy groups -OCH3 is 1. The van der Waals surface area contributed by atoms with Crippen LogP contribution in [0.5, 0.6) is 5.75 Å². The van der Waals surface area contributed by atoms with Crippen LogP contribution in [0.15, 0.2) is 24.3 Å². The minimum Gasteiger partial charge on any atom is -0.493 e. The van der Waals surface area contributed by atoms with Crippen molar-refractivity contribution < 1.29 is 23.4 Å². The largest absolute Gasteiger partial charge is 0.493 e. The summed E-state index contributed by atoms with van der Waals surface area (Å²) in [6, 6.07) is 4.52. The number of halogens is 1. The van der Waals surface area contributed by atoms with E-state index in [0.29, 0.717) is 19.6 Å². The number of morpholine rings is 1. The molecule has 0 aromatic heterocycles. The molecule has 1 aromatic carbocycles. The number of para-hydroxylation sites is 1. The second kappa shape index (κ2) is 6.67. The van der Waals surface area contributed by atoms with Gasteiger partial charge in [-0.05, 0) is 38.8 Å². The number of nitrogens with zero attached hydrogens (tertiary/aromatic N) is 1. The van der Waals surface area contributed by atoms with E-state index in [1.54, 1.807) is 11.0 Å². The monoisotopic (exact) mass is 349 g/mol. The van der Waals surface area contributed by atoms with Crippen LogP contribution in [0.3, 0.4) is 0 Å². The molecule has 1 fully saturated rings. The molecule has 0 saturated carbocycles. The predicted octanol–water partition coefficient (Wildman–Crippen LogP) is 3.63. The second-order valence-electron chi connectivity index (χ2n) is 7.36. The van der Waals surface area contributed by atoms with E-state index in [9.17, 15) is 9.18 Å². The number of fused-ring (bicyclic) bond motifs is 2. The third-order valence-corrected chi connectivity index (χ3v) is 4.32. The maximum atomic E-state index is 14.0. The van der Waals surface area contributed by atoms with Crippen molar-refractivity contribution in [2.75, 3.05) is 20.3 Å². The first-order valence-corrected chi connectivity index (χ1v) is 8.43. The Kier molecular flexibility index (Phi) is 4.73. The first-order valence-electron chi connectivity index (χ1n) is 8.43. The molecule has 2 aliphatic heterocycles. The number of ether oxygens (including phenoxy) is 3. The van der Waals surface area contributed by atoms with Crippen LogP contribution >= 0.6 is 0 Å². The highest BCUT2D eigenvalue weighted by Gasteiger charge is 2.40. The molecule has 2 aliphatic rings. The van der Waals surface area contributed by atoms with Crippen LogP contribution in [-0.4, -0.2) is 49.0 Å². The lowest BCUT2D eigenvalue weighted by Gasteiger charge is -2.44. The van der Waals surface area contributed by atoms with Gasteiger partial charge in [0.25, 0.3) is 0 Å². The Morgan fingerprint density at radius 3 is 2.72 bits per heavy atom. The van der Waals surface area contributed by atoms with Crippen LogP contribution in [0.4, 0.5) is 9.18 Å². The summed E-state index contributed by atoms with van der Waals surface area (Å²) in [4.78, 5) is 14.3. The van der Waals surface area contributed by atoms with Crippen LogP contribution in [0.1, 0.15) is 32.8 Å². The first-order chi connectivity index (χ1) is 11.8. The summed E-state index contributed by atoms with van der Waals surface area (Å²) in [5.41, 5.74) is 1.14. The maximum Gasteiger partial charge on any atom is 0.411 e. The minimum absolute atomic E-state index is 0.137. The van der Waals surface area contributed by atoms with Crippen molar-refractivity contribution in [2.45, 2.75) is 44.9 Å². The minimum atomic E-state index is -0.554. The van der Waals surface area contributed by atoms with Gasteiger partial charge in [-0.15, -0.1) is 0 Å². The quantitative estimate of drug-likeness (QED) is 0.818. The van der Waals surface area contributed by atoms with Crippen molar-refractivity contribution in [3.8, 4) is 5.75 Å². The fourth-order valence-corrected chi connectivity index (χ4v) is 3.36. The van der Waals surface area contributed by atoms with Gasteiger partial charge in [-0.2, -0.15) is 0 Å². The van der Waals surface area contributed by atoms with Crippen LogP contribution in [-0.2, 0) is 9.47 Å². The molecular formula is C19H24FNO4. The molecule has 2 heterocycles. The lowest BCUT2D eigenvalue weighted by molar-refractivity contribution is -0.0510. The van der Waals surface area contributed by atoms with E-state index in [1.807, 2.05) is 32.9 Å². The number of rotatable bonds is 2. The lowest BCUT2D eigenvalue weighted by atomic mass is 9.89. The normalized spacial score (nSPS) is 23.1. The standard InChI is InChI=1S/C19H24FNO4/c1-19(2,3)25-18(22)21-13-8-12(9-14(21)11-24-10-13)15-6-5-7-16(20)17(15)23-4/h5-8,13-14H,9-11H2,1-4H3. The van der Waals surface area contributed by atoms with Gasteiger partial charge in [-0.3, -0.25) is 4.90 Å². The average molecular weight is 349 g/mol. The Morgan fingerprint density at radius 2 is 2.08 bits per heavy atom. The molecule has 6 heteroatoms. The molecule has 2 bridgehead atoms. The Hall–Kier alpha value is -2.08. The summed E-state index contributed by atoms with van der Waals surface area (Å²) in [5.74, 6) is -0.157. The van der Waals surface area contributed by atoms with E-state index in [1.165, 1.54) is 13.2 Å². The van der Waals surface area contributed by atoms with Gasteiger partial charge in [0.1, 0.15) is 5.60 Å². The van der Waals surface area contributed by atoms with Gasteiger partial charge in [0.15, 0.2) is 11.6 Å². The molecule has 1 amide bonds. The zero-order valence-electron chi connectivity index (χ0n) is 15.0. The molecule has 0 N–H and O–H groups in total. The molecule has 25 heavy (non-hydrogen) atoms. The lowest BCUT2D eigenvalue weighted by Crippen LogP contribution is -2.57. The molecule has 0 aliphatic carbocycles. The van der Waals surface area contributed by atoms with E-state index in [2.05, 4.69) is 0 Å². The highest BCUT2D eigenvalue weighted by Crippen LogP contribution is 2.37. The summed E-state index contributed by atoms with van der Waals surface area (Å²) >= 11 is 0. The fourth-order valence-electron chi connectivity index (χ4n) is 3.36. The van der Waals surface area contributed by atoms with E-state index in [0.717, 1.165) is 11.1 Å². The van der Waals surface area contributed by atoms with Crippen LogP contribution in [0, 0.1) is 5.82 Å². The van der Waals surface area contributed by atoms with Gasteiger partial charge in [0.2, 0.25) is 0 Å². The SMILES string of the molecule is COc1c(F)cccc1C1=CC2COCC(C1)N2C(=O)OC(C)(C)C. The van der Waals surface area contributed by atoms with Crippen LogP contribution in [0.2, 0.25) is 0 Å². The number of carbonyl (C=O) groups is 1. The molecule has 2 unspecified atom stereocenters. The highest BCUT2D eigenvalue weighted by atomic mass is 19.1. The smallest absolute Gasteiger partial charge is 0.411 e. The maximum absolute atomic E-state index is 14.0. The Labute approximate surface area is 147 Å². The van der Waals surface area contributed by atoms with E-state index >= 15 is 0 Å². The van der Waals surface area contributed by atoms with Gasteiger partial charge in [0.05, 0.1) is 32.4 Å². The average Bonchev–Trinajstić information content (AvgIpc) is 2.51. The summed E-state index contributed by atoms with van der Waals surface area (Å²) < 4.78 is 30.4. The molecule has 0 radical (unpaired) electrons. The first kappa shape index (κ1) is 17.7. The number of hydrogen-bond donors (Lipinski definition) is 0. The second-order valence-corrected chi connectivity index (χ2v) is 7.36. The molecule has 3 rings (SSSR count). The van der Waals surface area contributed by atoms with Crippen molar-refractivity contribution in [3.63, 3.8) is 0 Å². The fraction of sp³-hybridized carbons (Fsp3) is 0.526. The molecule has 5 nitrogen and oxygen atoms in total. The molecule has 2 atom stereocenters. The molecule has 0 spiro atoms. The van der Waals surface area contributed by atoms with Gasteiger partial charge in [-0.25, -0.2) is 9.18 Å². The third kappa shape index (κ3) is 3.63. The Bertz CT molecular complexity index is 695. The highest BCUT2D eigenvalue weighted by molar-refractivity contribution is 5.77. The van der Waals surface area contributed by atoms with Crippen molar-refractivity contribution in [3.05, 3.63) is 35.7 Å².